The Hall–Kier alpha value is -2.83. The summed E-state index contributed by atoms with van der Waals surface area (Å²) in [6.45, 7) is 0.319. The lowest BCUT2D eigenvalue weighted by atomic mass is 10.1. The van der Waals surface area contributed by atoms with Crippen molar-refractivity contribution >= 4 is 33.2 Å². The number of carbonyl (C=O) groups excluding carboxylic acids is 1. The van der Waals surface area contributed by atoms with Gasteiger partial charge in [-0.2, -0.15) is 0 Å². The number of sulfonamides is 1. The summed E-state index contributed by atoms with van der Waals surface area (Å²) in [5.74, 6) is -0.288. The van der Waals surface area contributed by atoms with Gasteiger partial charge in [-0.1, -0.05) is 54.1 Å². The lowest BCUT2D eigenvalue weighted by Gasteiger charge is -2.21. The largest absolute Gasteiger partial charge is 0.337 e. The normalized spacial score (nSPS) is 11.1. The third-order valence-electron chi connectivity index (χ3n) is 4.57. The Morgan fingerprint density at radius 1 is 0.897 bits per heavy atom. The van der Waals surface area contributed by atoms with Crippen LogP contribution in [0, 0.1) is 0 Å². The molecule has 0 radical (unpaired) electrons. The van der Waals surface area contributed by atoms with Gasteiger partial charge in [-0.25, -0.2) is 8.42 Å². The summed E-state index contributed by atoms with van der Waals surface area (Å²) < 4.78 is 27.2. The number of amides is 1. The van der Waals surface area contributed by atoms with E-state index in [1.54, 1.807) is 49.5 Å². The number of para-hydroxylation sites is 1. The van der Waals surface area contributed by atoms with Gasteiger partial charge in [0.15, 0.2) is 0 Å². The number of anilines is 1. The Balaban J connectivity index is 1.85. The number of hydrogen-bond donors (Lipinski definition) is 0. The second kappa shape index (κ2) is 8.68. The molecule has 0 bridgehead atoms. The van der Waals surface area contributed by atoms with Gasteiger partial charge >= 0.3 is 0 Å². The lowest BCUT2D eigenvalue weighted by molar-refractivity contribution is 0.0785. The van der Waals surface area contributed by atoms with E-state index in [-0.39, 0.29) is 10.8 Å². The summed E-state index contributed by atoms with van der Waals surface area (Å²) in [6.07, 6.45) is 0. The summed E-state index contributed by atoms with van der Waals surface area (Å²) in [5.41, 5.74) is 1.65. The number of hydrogen-bond acceptors (Lipinski definition) is 3. The molecule has 0 aliphatic heterocycles. The van der Waals surface area contributed by atoms with Gasteiger partial charge in [0, 0.05) is 31.2 Å². The van der Waals surface area contributed by atoms with E-state index in [1.165, 1.54) is 28.4 Å². The van der Waals surface area contributed by atoms with Crippen LogP contribution >= 0.6 is 11.6 Å². The Morgan fingerprint density at radius 3 is 2.24 bits per heavy atom. The van der Waals surface area contributed by atoms with E-state index < -0.39 is 10.0 Å². The number of nitrogens with zero attached hydrogens (tertiary/aromatic N) is 2. The van der Waals surface area contributed by atoms with Gasteiger partial charge in [0.1, 0.15) is 0 Å². The van der Waals surface area contributed by atoms with Crippen LogP contribution in [-0.4, -0.2) is 33.3 Å². The molecule has 0 N–H and O–H groups in total. The van der Waals surface area contributed by atoms with E-state index in [4.69, 9.17) is 11.6 Å². The van der Waals surface area contributed by atoms with E-state index in [9.17, 15) is 13.2 Å². The zero-order valence-corrected chi connectivity index (χ0v) is 17.7. The number of carbonyl (C=O) groups is 1. The first-order valence-corrected chi connectivity index (χ1v) is 10.8. The van der Waals surface area contributed by atoms with Crippen molar-refractivity contribution in [1.82, 2.24) is 4.90 Å². The van der Waals surface area contributed by atoms with Gasteiger partial charge < -0.3 is 4.90 Å². The summed E-state index contributed by atoms with van der Waals surface area (Å²) in [6, 6.07) is 22.1. The summed E-state index contributed by atoms with van der Waals surface area (Å²) in [4.78, 5) is 14.4. The minimum Gasteiger partial charge on any atom is -0.337 e. The molecule has 0 aliphatic carbocycles. The van der Waals surface area contributed by atoms with Gasteiger partial charge in [0.2, 0.25) is 0 Å². The van der Waals surface area contributed by atoms with E-state index in [0.29, 0.717) is 22.8 Å². The van der Waals surface area contributed by atoms with E-state index in [0.717, 1.165) is 5.56 Å². The number of rotatable bonds is 6. The molecule has 0 spiro atoms. The zero-order chi connectivity index (χ0) is 21.0. The maximum Gasteiger partial charge on any atom is 0.264 e. The minimum atomic E-state index is -3.80. The SMILES string of the molecule is CN(Cc1ccccc1Cl)C(=O)c1cccc(S(=O)(=O)N(C)c2ccccc2)c1. The van der Waals surface area contributed by atoms with Gasteiger partial charge in [0.05, 0.1) is 10.6 Å². The Morgan fingerprint density at radius 2 is 1.55 bits per heavy atom. The molecule has 0 heterocycles. The molecule has 1 amide bonds. The van der Waals surface area contributed by atoms with Crippen molar-refractivity contribution in [3.05, 3.63) is 95.0 Å². The summed E-state index contributed by atoms with van der Waals surface area (Å²) in [5, 5.41) is 0.577. The second-order valence-electron chi connectivity index (χ2n) is 6.59. The van der Waals surface area contributed by atoms with Gasteiger partial charge in [0.25, 0.3) is 15.9 Å². The second-order valence-corrected chi connectivity index (χ2v) is 8.96. The molecule has 0 unspecified atom stereocenters. The van der Waals surface area contributed by atoms with Crippen LogP contribution in [0.25, 0.3) is 0 Å². The number of halogens is 1. The molecule has 0 atom stereocenters. The minimum absolute atomic E-state index is 0.0563. The molecule has 0 aliphatic rings. The molecule has 0 saturated carbocycles. The van der Waals surface area contributed by atoms with Gasteiger partial charge in [-0.3, -0.25) is 9.10 Å². The van der Waals surface area contributed by atoms with E-state index in [2.05, 4.69) is 0 Å². The molecule has 3 aromatic rings. The molecular weight excluding hydrogens is 408 g/mol. The molecule has 0 saturated heterocycles. The molecule has 7 heteroatoms. The van der Waals surface area contributed by atoms with Crippen LogP contribution < -0.4 is 4.31 Å². The predicted octanol–water partition coefficient (Wildman–Crippen LogP) is 4.44. The molecule has 5 nitrogen and oxygen atoms in total. The first-order valence-electron chi connectivity index (χ1n) is 8.93. The van der Waals surface area contributed by atoms with Crippen molar-refractivity contribution in [2.24, 2.45) is 0 Å². The third-order valence-corrected chi connectivity index (χ3v) is 6.72. The van der Waals surface area contributed by atoms with Crippen LogP contribution in [0.2, 0.25) is 5.02 Å². The first kappa shape index (κ1) is 20.9. The summed E-state index contributed by atoms with van der Waals surface area (Å²) in [7, 11) is -0.653. The fourth-order valence-corrected chi connectivity index (χ4v) is 4.34. The highest BCUT2D eigenvalue weighted by atomic mass is 35.5. The average molecular weight is 429 g/mol. The molecule has 0 aromatic heterocycles. The highest BCUT2D eigenvalue weighted by molar-refractivity contribution is 7.92. The predicted molar refractivity (Wildman–Crippen MR) is 116 cm³/mol. The highest BCUT2D eigenvalue weighted by Crippen LogP contribution is 2.23. The first-order chi connectivity index (χ1) is 13.8. The standard InChI is InChI=1S/C22H21ClN2O3S/c1-24(16-18-9-6-7-14-21(18)23)22(26)17-10-8-13-20(15-17)29(27,28)25(2)19-11-4-3-5-12-19/h3-15H,16H2,1-2H3. The van der Waals surface area contributed by atoms with Crippen molar-refractivity contribution in [2.75, 3.05) is 18.4 Å². The monoisotopic (exact) mass is 428 g/mol. The highest BCUT2D eigenvalue weighted by Gasteiger charge is 2.23. The van der Waals surface area contributed by atoms with Crippen LogP contribution in [0.5, 0.6) is 0 Å². The topological polar surface area (TPSA) is 57.7 Å². The van der Waals surface area contributed by atoms with E-state index >= 15 is 0 Å². The van der Waals surface area contributed by atoms with Crippen LogP contribution in [-0.2, 0) is 16.6 Å². The Labute approximate surface area is 176 Å². The fraction of sp³-hybridized carbons (Fsp3) is 0.136. The van der Waals surface area contributed by atoms with Crippen LogP contribution in [0.4, 0.5) is 5.69 Å². The molecule has 0 fully saturated rings. The van der Waals surface area contributed by atoms with Gasteiger partial charge in [-0.15, -0.1) is 0 Å². The number of benzene rings is 3. The third kappa shape index (κ3) is 4.60. The van der Waals surface area contributed by atoms with Crippen molar-refractivity contribution in [2.45, 2.75) is 11.4 Å². The van der Waals surface area contributed by atoms with Crippen molar-refractivity contribution < 1.29 is 13.2 Å². The molecular formula is C22H21ClN2O3S. The summed E-state index contributed by atoms with van der Waals surface area (Å²) >= 11 is 6.17. The van der Waals surface area contributed by atoms with Crippen molar-refractivity contribution in [3.8, 4) is 0 Å². The van der Waals surface area contributed by atoms with Crippen LogP contribution in [0.1, 0.15) is 15.9 Å². The maximum absolute atomic E-state index is 13.0. The molecule has 29 heavy (non-hydrogen) atoms. The Kier molecular flexibility index (Phi) is 6.25. The molecule has 3 rings (SSSR count). The maximum atomic E-state index is 13.0. The zero-order valence-electron chi connectivity index (χ0n) is 16.1. The van der Waals surface area contributed by atoms with Crippen LogP contribution in [0.15, 0.2) is 83.8 Å². The van der Waals surface area contributed by atoms with E-state index in [1.807, 2.05) is 24.3 Å². The van der Waals surface area contributed by atoms with Crippen molar-refractivity contribution in [1.29, 1.82) is 0 Å². The molecule has 150 valence electrons. The van der Waals surface area contributed by atoms with Gasteiger partial charge in [-0.05, 0) is 42.0 Å². The quantitative estimate of drug-likeness (QED) is 0.583. The molecule has 3 aromatic carbocycles. The average Bonchev–Trinajstić information content (AvgIpc) is 2.75. The van der Waals surface area contributed by atoms with Crippen LogP contribution in [0.3, 0.4) is 0 Å². The van der Waals surface area contributed by atoms with Crippen molar-refractivity contribution in [3.63, 3.8) is 0 Å². The lowest BCUT2D eigenvalue weighted by Crippen LogP contribution is -2.28. The Bertz CT molecular complexity index is 1120. The smallest absolute Gasteiger partial charge is 0.264 e. The fourth-order valence-electron chi connectivity index (χ4n) is 2.90.